The monoisotopic (exact) mass is 249 g/mol. The summed E-state index contributed by atoms with van der Waals surface area (Å²) >= 11 is 0. The highest BCUT2D eigenvalue weighted by atomic mass is 16.2. The van der Waals surface area contributed by atoms with Crippen LogP contribution in [0.2, 0.25) is 0 Å². The van der Waals surface area contributed by atoms with Crippen LogP contribution in [0.1, 0.15) is 17.3 Å². The molecule has 0 saturated heterocycles. The molecular formula is C13H19N3O2. The minimum absolute atomic E-state index is 0.0912. The van der Waals surface area contributed by atoms with E-state index in [1.807, 2.05) is 6.07 Å². The molecule has 1 aromatic rings. The van der Waals surface area contributed by atoms with Gasteiger partial charge in [0.05, 0.1) is 0 Å². The molecule has 0 fully saturated rings. The van der Waals surface area contributed by atoms with Crippen molar-refractivity contribution in [3.05, 3.63) is 35.9 Å². The molecule has 0 aliphatic carbocycles. The lowest BCUT2D eigenvalue weighted by Gasteiger charge is -2.10. The van der Waals surface area contributed by atoms with Gasteiger partial charge in [-0.05, 0) is 12.1 Å². The average Bonchev–Trinajstić information content (AvgIpc) is 2.43. The summed E-state index contributed by atoms with van der Waals surface area (Å²) in [6.07, 6.45) is 0. The second-order valence-electron chi connectivity index (χ2n) is 4.05. The van der Waals surface area contributed by atoms with Crippen molar-refractivity contribution in [2.45, 2.75) is 6.92 Å². The Morgan fingerprint density at radius 3 is 2.39 bits per heavy atom. The number of amides is 2. The summed E-state index contributed by atoms with van der Waals surface area (Å²) in [6, 6.07) is 8.94. The Bertz CT molecular complexity index is 392. The fourth-order valence-electron chi connectivity index (χ4n) is 1.33. The predicted octanol–water partition coefficient (Wildman–Crippen LogP) is 0.127. The molecule has 98 valence electrons. The van der Waals surface area contributed by atoms with Crippen molar-refractivity contribution in [2.24, 2.45) is 11.7 Å². The highest BCUT2D eigenvalue weighted by Crippen LogP contribution is 1.97. The molecule has 0 spiro atoms. The molecule has 1 unspecified atom stereocenters. The van der Waals surface area contributed by atoms with Crippen molar-refractivity contribution in [1.29, 1.82) is 0 Å². The highest BCUT2D eigenvalue weighted by Gasteiger charge is 2.09. The number of carbonyl (C=O) groups is 2. The molecule has 1 rings (SSSR count). The van der Waals surface area contributed by atoms with Gasteiger partial charge in [0.15, 0.2) is 0 Å². The van der Waals surface area contributed by atoms with E-state index in [2.05, 4.69) is 10.6 Å². The minimum Gasteiger partial charge on any atom is -0.354 e. The Balaban J connectivity index is 2.23. The molecule has 0 saturated carbocycles. The zero-order chi connectivity index (χ0) is 13.4. The van der Waals surface area contributed by atoms with Crippen molar-refractivity contribution in [3.63, 3.8) is 0 Å². The number of hydrogen-bond donors (Lipinski definition) is 3. The fourth-order valence-corrected chi connectivity index (χ4v) is 1.33. The van der Waals surface area contributed by atoms with Crippen molar-refractivity contribution < 1.29 is 9.59 Å². The van der Waals surface area contributed by atoms with E-state index in [-0.39, 0.29) is 17.7 Å². The van der Waals surface area contributed by atoms with E-state index in [0.29, 0.717) is 25.2 Å². The molecule has 0 aliphatic rings. The van der Waals surface area contributed by atoms with E-state index in [0.717, 1.165) is 0 Å². The van der Waals surface area contributed by atoms with Crippen LogP contribution in [-0.2, 0) is 4.79 Å². The van der Waals surface area contributed by atoms with Gasteiger partial charge in [-0.25, -0.2) is 0 Å². The quantitative estimate of drug-likeness (QED) is 0.626. The summed E-state index contributed by atoms with van der Waals surface area (Å²) in [5.41, 5.74) is 5.98. The van der Waals surface area contributed by atoms with E-state index >= 15 is 0 Å². The average molecular weight is 249 g/mol. The third kappa shape index (κ3) is 4.55. The smallest absolute Gasteiger partial charge is 0.251 e. The van der Waals surface area contributed by atoms with E-state index in [4.69, 9.17) is 5.73 Å². The normalized spacial score (nSPS) is 11.7. The lowest BCUT2D eigenvalue weighted by Crippen LogP contribution is -2.38. The maximum atomic E-state index is 11.6. The summed E-state index contributed by atoms with van der Waals surface area (Å²) in [7, 11) is 0. The molecule has 0 aliphatic heterocycles. The fraction of sp³-hybridized carbons (Fsp3) is 0.385. The highest BCUT2D eigenvalue weighted by molar-refractivity contribution is 5.94. The molecule has 0 radical (unpaired) electrons. The number of carbonyl (C=O) groups excluding carboxylic acids is 2. The first-order valence-electron chi connectivity index (χ1n) is 5.96. The van der Waals surface area contributed by atoms with Gasteiger partial charge >= 0.3 is 0 Å². The summed E-state index contributed by atoms with van der Waals surface area (Å²) in [6.45, 7) is 2.89. The van der Waals surface area contributed by atoms with Crippen LogP contribution in [0.15, 0.2) is 30.3 Å². The second-order valence-corrected chi connectivity index (χ2v) is 4.05. The Kier molecular flexibility index (Phi) is 5.87. The number of nitrogens with two attached hydrogens (primary N) is 1. The molecule has 18 heavy (non-hydrogen) atoms. The number of benzene rings is 1. The van der Waals surface area contributed by atoms with Crippen LogP contribution in [0.4, 0.5) is 0 Å². The number of rotatable bonds is 6. The minimum atomic E-state index is -0.199. The topological polar surface area (TPSA) is 84.2 Å². The zero-order valence-corrected chi connectivity index (χ0v) is 10.5. The van der Waals surface area contributed by atoms with Crippen LogP contribution in [0, 0.1) is 5.92 Å². The van der Waals surface area contributed by atoms with Gasteiger partial charge in [-0.1, -0.05) is 25.1 Å². The summed E-state index contributed by atoms with van der Waals surface area (Å²) < 4.78 is 0. The Hall–Kier alpha value is -1.88. The molecule has 4 N–H and O–H groups in total. The third-order valence-corrected chi connectivity index (χ3v) is 2.55. The summed E-state index contributed by atoms with van der Waals surface area (Å²) in [5, 5.41) is 5.43. The standard InChI is InChI=1S/C13H19N3O2/c1-10(9-14)12(17)15-7-8-16-13(18)11-5-3-2-4-6-11/h2-6,10H,7-9,14H2,1H3,(H,15,17)(H,16,18). The molecule has 0 aromatic heterocycles. The van der Waals surface area contributed by atoms with Crippen LogP contribution in [0.3, 0.4) is 0 Å². The largest absolute Gasteiger partial charge is 0.354 e. The van der Waals surface area contributed by atoms with Gasteiger partial charge in [0.1, 0.15) is 0 Å². The number of nitrogens with one attached hydrogen (secondary N) is 2. The van der Waals surface area contributed by atoms with Gasteiger partial charge in [0.25, 0.3) is 5.91 Å². The molecule has 5 heteroatoms. The van der Waals surface area contributed by atoms with Crippen LogP contribution < -0.4 is 16.4 Å². The third-order valence-electron chi connectivity index (χ3n) is 2.55. The summed E-state index contributed by atoms with van der Waals surface area (Å²) in [5.74, 6) is -0.432. The second kappa shape index (κ2) is 7.45. The molecule has 0 bridgehead atoms. The Morgan fingerprint density at radius 2 is 1.78 bits per heavy atom. The maximum absolute atomic E-state index is 11.6. The van der Waals surface area contributed by atoms with E-state index in [1.54, 1.807) is 31.2 Å². The van der Waals surface area contributed by atoms with Crippen molar-refractivity contribution in [2.75, 3.05) is 19.6 Å². The molecule has 0 heterocycles. The van der Waals surface area contributed by atoms with Gasteiger partial charge in [-0.2, -0.15) is 0 Å². The lowest BCUT2D eigenvalue weighted by molar-refractivity contribution is -0.124. The zero-order valence-electron chi connectivity index (χ0n) is 10.5. The molecule has 1 atom stereocenters. The first-order chi connectivity index (χ1) is 8.65. The number of hydrogen-bond acceptors (Lipinski definition) is 3. The first-order valence-corrected chi connectivity index (χ1v) is 5.96. The summed E-state index contributed by atoms with van der Waals surface area (Å²) in [4.78, 5) is 23.0. The van der Waals surface area contributed by atoms with Crippen LogP contribution in [0.5, 0.6) is 0 Å². The van der Waals surface area contributed by atoms with Crippen molar-refractivity contribution >= 4 is 11.8 Å². The maximum Gasteiger partial charge on any atom is 0.251 e. The van der Waals surface area contributed by atoms with Gasteiger partial charge < -0.3 is 16.4 Å². The SMILES string of the molecule is CC(CN)C(=O)NCCNC(=O)c1ccccc1. The van der Waals surface area contributed by atoms with E-state index < -0.39 is 0 Å². The van der Waals surface area contributed by atoms with Gasteiger partial charge in [0, 0.05) is 31.1 Å². The van der Waals surface area contributed by atoms with Crippen molar-refractivity contribution in [3.8, 4) is 0 Å². The molecule has 1 aromatic carbocycles. The van der Waals surface area contributed by atoms with E-state index in [9.17, 15) is 9.59 Å². The predicted molar refractivity (Wildman–Crippen MR) is 70.0 cm³/mol. The Labute approximate surface area is 107 Å². The molecular weight excluding hydrogens is 230 g/mol. The van der Waals surface area contributed by atoms with Gasteiger partial charge in [-0.15, -0.1) is 0 Å². The van der Waals surface area contributed by atoms with Crippen LogP contribution in [0.25, 0.3) is 0 Å². The Morgan fingerprint density at radius 1 is 1.17 bits per heavy atom. The van der Waals surface area contributed by atoms with E-state index in [1.165, 1.54) is 0 Å². The van der Waals surface area contributed by atoms with Gasteiger partial charge in [-0.3, -0.25) is 9.59 Å². The lowest BCUT2D eigenvalue weighted by atomic mass is 10.2. The first kappa shape index (κ1) is 14.2. The molecule has 2 amide bonds. The van der Waals surface area contributed by atoms with Crippen molar-refractivity contribution in [1.82, 2.24) is 10.6 Å². The van der Waals surface area contributed by atoms with Crippen LogP contribution in [-0.4, -0.2) is 31.4 Å². The molecule has 5 nitrogen and oxygen atoms in total. The van der Waals surface area contributed by atoms with Gasteiger partial charge in [0.2, 0.25) is 5.91 Å². The van der Waals surface area contributed by atoms with Crippen LogP contribution >= 0.6 is 0 Å².